The maximum Gasteiger partial charge on any atom is 0.260 e. The molecule has 3 aromatic heterocycles. The van der Waals surface area contributed by atoms with Gasteiger partial charge in [-0.3, -0.25) is 10.1 Å². The van der Waals surface area contributed by atoms with E-state index >= 15 is 0 Å². The van der Waals surface area contributed by atoms with E-state index < -0.39 is 0 Å². The molecule has 0 unspecified atom stereocenters. The van der Waals surface area contributed by atoms with Crippen LogP contribution in [0.1, 0.15) is 40.8 Å². The number of carbonyl (C=O) groups is 1. The third kappa shape index (κ3) is 3.11. The summed E-state index contributed by atoms with van der Waals surface area (Å²) in [4.78, 5) is 16.7. The van der Waals surface area contributed by atoms with Gasteiger partial charge in [-0.15, -0.1) is 10.2 Å². The first-order valence-electron chi connectivity index (χ1n) is 7.17. The average molecular weight is 328 g/mol. The van der Waals surface area contributed by atoms with E-state index in [0.717, 1.165) is 10.7 Å². The molecule has 0 bridgehead atoms. The van der Waals surface area contributed by atoms with Crippen LogP contribution in [0.5, 0.6) is 0 Å². The molecular formula is C15H16N6OS. The summed E-state index contributed by atoms with van der Waals surface area (Å²) >= 11 is 1.38. The molecule has 0 atom stereocenters. The number of hydrogen-bond donors (Lipinski definition) is 1. The van der Waals surface area contributed by atoms with Crippen LogP contribution in [-0.2, 0) is 0 Å². The van der Waals surface area contributed by atoms with Gasteiger partial charge in [0, 0.05) is 12.1 Å². The maximum atomic E-state index is 12.4. The number of nitrogens with one attached hydrogen (secondary N) is 1. The second-order valence-corrected chi connectivity index (χ2v) is 6.31. The zero-order valence-electron chi connectivity index (χ0n) is 13.0. The van der Waals surface area contributed by atoms with Gasteiger partial charge in [0.05, 0.1) is 17.5 Å². The van der Waals surface area contributed by atoms with Crippen LogP contribution in [0.4, 0.5) is 5.13 Å². The van der Waals surface area contributed by atoms with Gasteiger partial charge in [-0.2, -0.15) is 5.10 Å². The fraction of sp³-hybridized carbons (Fsp3) is 0.267. The van der Waals surface area contributed by atoms with Crippen LogP contribution in [0.2, 0.25) is 0 Å². The summed E-state index contributed by atoms with van der Waals surface area (Å²) in [5.41, 5.74) is 1.20. The fourth-order valence-electron chi connectivity index (χ4n) is 2.03. The van der Waals surface area contributed by atoms with Crippen molar-refractivity contribution < 1.29 is 4.79 Å². The Kier molecular flexibility index (Phi) is 4.16. The largest absolute Gasteiger partial charge is 0.296 e. The van der Waals surface area contributed by atoms with E-state index in [1.165, 1.54) is 17.5 Å². The highest BCUT2D eigenvalue weighted by molar-refractivity contribution is 7.15. The van der Waals surface area contributed by atoms with Crippen LogP contribution in [0, 0.1) is 6.92 Å². The normalized spacial score (nSPS) is 11.0. The van der Waals surface area contributed by atoms with Crippen molar-refractivity contribution in [3.05, 3.63) is 46.9 Å². The quantitative estimate of drug-likeness (QED) is 0.796. The summed E-state index contributed by atoms with van der Waals surface area (Å²) < 4.78 is 1.63. The zero-order valence-corrected chi connectivity index (χ0v) is 13.8. The highest BCUT2D eigenvalue weighted by Crippen LogP contribution is 2.23. The lowest BCUT2D eigenvalue weighted by Gasteiger charge is -2.04. The minimum Gasteiger partial charge on any atom is -0.296 e. The molecular weight excluding hydrogens is 312 g/mol. The molecule has 1 N–H and O–H groups in total. The van der Waals surface area contributed by atoms with Gasteiger partial charge in [0.1, 0.15) is 5.01 Å². The Bertz CT molecular complexity index is 824. The van der Waals surface area contributed by atoms with Crippen LogP contribution in [-0.4, -0.2) is 30.9 Å². The van der Waals surface area contributed by atoms with E-state index in [2.05, 4.69) is 25.6 Å². The van der Waals surface area contributed by atoms with E-state index in [-0.39, 0.29) is 11.8 Å². The monoisotopic (exact) mass is 328 g/mol. The number of anilines is 1. The molecule has 118 valence electrons. The summed E-state index contributed by atoms with van der Waals surface area (Å²) in [6, 6.07) is 5.54. The van der Waals surface area contributed by atoms with Gasteiger partial charge >= 0.3 is 0 Å². The van der Waals surface area contributed by atoms with Gasteiger partial charge < -0.3 is 0 Å². The van der Waals surface area contributed by atoms with Crippen molar-refractivity contribution in [2.45, 2.75) is 26.7 Å². The first-order valence-corrected chi connectivity index (χ1v) is 7.98. The van der Waals surface area contributed by atoms with Crippen LogP contribution in [0.3, 0.4) is 0 Å². The Balaban J connectivity index is 1.81. The molecule has 0 saturated carbocycles. The lowest BCUT2D eigenvalue weighted by molar-refractivity contribution is 0.102. The third-order valence-corrected chi connectivity index (χ3v) is 4.41. The number of hydrogen-bond acceptors (Lipinski definition) is 6. The van der Waals surface area contributed by atoms with E-state index in [4.69, 9.17) is 0 Å². The van der Waals surface area contributed by atoms with Crippen molar-refractivity contribution in [1.29, 1.82) is 0 Å². The molecule has 3 heterocycles. The molecule has 3 aromatic rings. The summed E-state index contributed by atoms with van der Waals surface area (Å²) in [6.45, 7) is 5.90. The summed E-state index contributed by atoms with van der Waals surface area (Å²) in [5, 5.41) is 16.4. The first-order chi connectivity index (χ1) is 11.1. The van der Waals surface area contributed by atoms with Crippen molar-refractivity contribution in [2.24, 2.45) is 0 Å². The Hall–Kier alpha value is -2.61. The molecule has 7 nitrogen and oxygen atoms in total. The number of pyridine rings is 1. The van der Waals surface area contributed by atoms with E-state index in [1.54, 1.807) is 10.9 Å². The number of nitrogens with zero attached hydrogens (tertiary/aromatic N) is 5. The molecule has 3 rings (SSSR count). The van der Waals surface area contributed by atoms with Gasteiger partial charge in [0.15, 0.2) is 5.82 Å². The van der Waals surface area contributed by atoms with Crippen LogP contribution in [0.15, 0.2) is 30.6 Å². The van der Waals surface area contributed by atoms with Crippen molar-refractivity contribution in [3.8, 4) is 5.82 Å². The number of amides is 1. The molecule has 0 aliphatic carbocycles. The fourth-order valence-corrected chi connectivity index (χ4v) is 2.77. The standard InChI is InChI=1S/C15H16N6OS/c1-9(2)14-19-20-15(23-14)18-13(22)11-8-17-21(10(11)3)12-6-4-5-7-16-12/h4-9H,1-3H3,(H,18,20,22). The Morgan fingerprint density at radius 3 is 2.78 bits per heavy atom. The summed E-state index contributed by atoms with van der Waals surface area (Å²) in [7, 11) is 0. The maximum absolute atomic E-state index is 12.4. The average Bonchev–Trinajstić information content (AvgIpc) is 3.15. The Labute approximate surface area is 137 Å². The third-order valence-electron chi connectivity index (χ3n) is 3.28. The highest BCUT2D eigenvalue weighted by atomic mass is 32.1. The van der Waals surface area contributed by atoms with Crippen molar-refractivity contribution in [3.63, 3.8) is 0 Å². The van der Waals surface area contributed by atoms with Crippen molar-refractivity contribution >= 4 is 22.4 Å². The molecule has 0 aliphatic heterocycles. The lowest BCUT2D eigenvalue weighted by Crippen LogP contribution is -2.13. The van der Waals surface area contributed by atoms with E-state index in [0.29, 0.717) is 16.5 Å². The number of aromatic nitrogens is 5. The second kappa shape index (κ2) is 6.25. The minimum absolute atomic E-state index is 0.254. The summed E-state index contributed by atoms with van der Waals surface area (Å²) in [5.74, 6) is 0.699. The van der Waals surface area contributed by atoms with Gasteiger partial charge in [0.2, 0.25) is 5.13 Å². The SMILES string of the molecule is Cc1c(C(=O)Nc2nnc(C(C)C)s2)cnn1-c1ccccn1. The predicted molar refractivity (Wildman–Crippen MR) is 88.0 cm³/mol. The predicted octanol–water partition coefficient (Wildman–Crippen LogP) is 2.80. The molecule has 1 amide bonds. The smallest absolute Gasteiger partial charge is 0.260 e. The Morgan fingerprint density at radius 1 is 1.30 bits per heavy atom. The van der Waals surface area contributed by atoms with Crippen molar-refractivity contribution in [1.82, 2.24) is 25.0 Å². The molecule has 0 fully saturated rings. The lowest BCUT2D eigenvalue weighted by atomic mass is 10.2. The molecule has 8 heteroatoms. The molecule has 0 saturated heterocycles. The molecule has 0 aromatic carbocycles. The topological polar surface area (TPSA) is 85.6 Å². The molecule has 0 radical (unpaired) electrons. The van der Waals surface area contributed by atoms with Gasteiger partial charge in [-0.1, -0.05) is 31.3 Å². The van der Waals surface area contributed by atoms with Gasteiger partial charge in [-0.05, 0) is 19.1 Å². The zero-order chi connectivity index (χ0) is 16.4. The molecule has 0 aliphatic rings. The first kappa shape index (κ1) is 15.3. The Morgan fingerprint density at radius 2 is 2.13 bits per heavy atom. The van der Waals surface area contributed by atoms with Crippen LogP contribution >= 0.6 is 11.3 Å². The van der Waals surface area contributed by atoms with Crippen LogP contribution < -0.4 is 5.32 Å². The number of carbonyl (C=O) groups excluding carboxylic acids is 1. The second-order valence-electron chi connectivity index (χ2n) is 5.30. The number of rotatable bonds is 4. The highest BCUT2D eigenvalue weighted by Gasteiger charge is 2.17. The summed E-state index contributed by atoms with van der Waals surface area (Å²) in [6.07, 6.45) is 3.22. The van der Waals surface area contributed by atoms with E-state index in [1.807, 2.05) is 39.0 Å². The molecule has 0 spiro atoms. The van der Waals surface area contributed by atoms with Gasteiger partial charge in [-0.25, -0.2) is 9.67 Å². The van der Waals surface area contributed by atoms with E-state index in [9.17, 15) is 4.79 Å². The van der Waals surface area contributed by atoms with Crippen LogP contribution in [0.25, 0.3) is 5.82 Å². The molecule has 23 heavy (non-hydrogen) atoms. The minimum atomic E-state index is -0.254. The van der Waals surface area contributed by atoms with Crippen molar-refractivity contribution in [2.75, 3.05) is 5.32 Å². The van der Waals surface area contributed by atoms with Gasteiger partial charge in [0.25, 0.3) is 5.91 Å².